The maximum absolute atomic E-state index is 5.81. The van der Waals surface area contributed by atoms with Gasteiger partial charge in [-0.25, -0.2) is 0 Å². The highest BCUT2D eigenvalue weighted by atomic mass is 127. The number of nitrogens with one attached hydrogen (secondary N) is 1. The van der Waals surface area contributed by atoms with E-state index in [4.69, 9.17) is 10.5 Å². The summed E-state index contributed by atoms with van der Waals surface area (Å²) in [6, 6.07) is 1.23. The molecular formula is C13H29IN4O. The van der Waals surface area contributed by atoms with Gasteiger partial charge in [0.2, 0.25) is 0 Å². The number of aliphatic imine (C=N–C) groups is 1. The fourth-order valence-electron chi connectivity index (χ4n) is 1.79. The second-order valence-corrected chi connectivity index (χ2v) is 4.95. The van der Waals surface area contributed by atoms with Crippen LogP contribution in [-0.4, -0.2) is 56.3 Å². The Morgan fingerprint density at radius 2 is 2.21 bits per heavy atom. The maximum atomic E-state index is 5.81. The zero-order chi connectivity index (χ0) is 13.4. The van der Waals surface area contributed by atoms with Crippen LogP contribution in [0.1, 0.15) is 33.1 Å². The topological polar surface area (TPSA) is 62.9 Å². The third-order valence-electron chi connectivity index (χ3n) is 3.32. The van der Waals surface area contributed by atoms with Crippen LogP contribution in [0.2, 0.25) is 0 Å². The predicted octanol–water partition coefficient (Wildman–Crippen LogP) is 1.42. The standard InChI is InChI=1S/C13H28N4O.HI/c1-4-18-9-5-8-15-13(14)16-10-11(2)17(3)12-6-7-12;/h11-12H,4-10H2,1-3H3,(H3,14,15,16);1H. The lowest BCUT2D eigenvalue weighted by atomic mass is 10.3. The Kier molecular flexibility index (Phi) is 10.6. The normalized spacial score (nSPS) is 17.2. The van der Waals surface area contributed by atoms with Crippen molar-refractivity contribution >= 4 is 29.9 Å². The fraction of sp³-hybridized carbons (Fsp3) is 0.923. The van der Waals surface area contributed by atoms with E-state index in [1.807, 2.05) is 6.92 Å². The van der Waals surface area contributed by atoms with Crippen LogP contribution >= 0.6 is 24.0 Å². The summed E-state index contributed by atoms with van der Waals surface area (Å²) < 4.78 is 5.25. The number of nitrogens with zero attached hydrogens (tertiary/aromatic N) is 2. The molecule has 0 spiro atoms. The van der Waals surface area contributed by atoms with E-state index in [1.54, 1.807) is 0 Å². The molecule has 6 heteroatoms. The molecule has 114 valence electrons. The Bertz CT molecular complexity index is 259. The molecule has 1 unspecified atom stereocenters. The highest BCUT2D eigenvalue weighted by Gasteiger charge is 2.28. The lowest BCUT2D eigenvalue weighted by molar-refractivity contribution is 0.145. The van der Waals surface area contributed by atoms with Crippen LogP contribution in [0, 0.1) is 0 Å². The maximum Gasteiger partial charge on any atom is 0.188 e. The molecule has 1 aliphatic rings. The lowest BCUT2D eigenvalue weighted by Gasteiger charge is -2.22. The van der Waals surface area contributed by atoms with Gasteiger partial charge in [-0.05, 0) is 40.2 Å². The highest BCUT2D eigenvalue weighted by Crippen LogP contribution is 2.26. The number of hydrogen-bond donors (Lipinski definition) is 2. The van der Waals surface area contributed by atoms with E-state index >= 15 is 0 Å². The van der Waals surface area contributed by atoms with Gasteiger partial charge in [0.15, 0.2) is 5.96 Å². The van der Waals surface area contributed by atoms with Gasteiger partial charge in [0.05, 0.1) is 6.54 Å². The van der Waals surface area contributed by atoms with Crippen molar-refractivity contribution in [2.24, 2.45) is 10.7 Å². The summed E-state index contributed by atoms with van der Waals surface area (Å²) >= 11 is 0. The van der Waals surface area contributed by atoms with Crippen molar-refractivity contribution in [1.29, 1.82) is 0 Å². The van der Waals surface area contributed by atoms with Crippen LogP contribution in [0.3, 0.4) is 0 Å². The van der Waals surface area contributed by atoms with Crippen LogP contribution in [0.25, 0.3) is 0 Å². The largest absolute Gasteiger partial charge is 0.382 e. The quantitative estimate of drug-likeness (QED) is 0.273. The van der Waals surface area contributed by atoms with Gasteiger partial charge in [-0.2, -0.15) is 0 Å². The molecule has 1 atom stereocenters. The van der Waals surface area contributed by atoms with E-state index < -0.39 is 0 Å². The summed E-state index contributed by atoms with van der Waals surface area (Å²) in [5, 5.41) is 3.11. The second-order valence-electron chi connectivity index (χ2n) is 4.95. The van der Waals surface area contributed by atoms with Crippen molar-refractivity contribution in [2.45, 2.75) is 45.2 Å². The van der Waals surface area contributed by atoms with Crippen LogP contribution in [0.15, 0.2) is 4.99 Å². The van der Waals surface area contributed by atoms with Gasteiger partial charge in [-0.15, -0.1) is 24.0 Å². The molecule has 0 amide bonds. The monoisotopic (exact) mass is 384 g/mol. The van der Waals surface area contributed by atoms with E-state index in [1.165, 1.54) is 12.8 Å². The highest BCUT2D eigenvalue weighted by molar-refractivity contribution is 14.0. The van der Waals surface area contributed by atoms with E-state index in [0.717, 1.165) is 38.8 Å². The first kappa shape index (κ1) is 18.9. The molecular weight excluding hydrogens is 355 g/mol. The minimum Gasteiger partial charge on any atom is -0.382 e. The van der Waals surface area contributed by atoms with Gasteiger partial charge >= 0.3 is 0 Å². The molecule has 0 aromatic heterocycles. The molecule has 0 aliphatic heterocycles. The smallest absolute Gasteiger partial charge is 0.188 e. The zero-order valence-corrected chi connectivity index (χ0v) is 14.7. The predicted molar refractivity (Wildman–Crippen MR) is 91.3 cm³/mol. The minimum absolute atomic E-state index is 0. The number of halogens is 1. The SMILES string of the molecule is CCOCCCNC(N)=NCC(C)N(C)C1CC1.I. The lowest BCUT2D eigenvalue weighted by Crippen LogP contribution is -2.37. The first-order valence-corrected chi connectivity index (χ1v) is 6.98. The van der Waals surface area contributed by atoms with E-state index in [9.17, 15) is 0 Å². The number of ether oxygens (including phenoxy) is 1. The second kappa shape index (κ2) is 10.7. The Morgan fingerprint density at radius 1 is 1.53 bits per heavy atom. The van der Waals surface area contributed by atoms with Crippen molar-refractivity contribution in [3.63, 3.8) is 0 Å². The molecule has 5 nitrogen and oxygen atoms in total. The van der Waals surface area contributed by atoms with Crippen LogP contribution in [0.5, 0.6) is 0 Å². The zero-order valence-electron chi connectivity index (χ0n) is 12.4. The molecule has 1 saturated carbocycles. The average Bonchev–Trinajstić information content (AvgIpc) is 3.19. The Hall–Kier alpha value is -0.0800. The summed E-state index contributed by atoms with van der Waals surface area (Å²) in [6.07, 6.45) is 3.62. The summed E-state index contributed by atoms with van der Waals surface area (Å²) in [7, 11) is 2.17. The molecule has 1 rings (SSSR count). The third kappa shape index (κ3) is 8.65. The number of likely N-dealkylation sites (N-methyl/N-ethyl adjacent to an activating group) is 1. The molecule has 0 bridgehead atoms. The molecule has 0 aromatic rings. The Balaban J connectivity index is 0.00000324. The number of guanidine groups is 1. The average molecular weight is 384 g/mol. The van der Waals surface area contributed by atoms with Crippen LogP contribution in [0.4, 0.5) is 0 Å². The van der Waals surface area contributed by atoms with Gasteiger partial charge in [-0.1, -0.05) is 0 Å². The molecule has 0 saturated heterocycles. The summed E-state index contributed by atoms with van der Waals surface area (Å²) in [5.41, 5.74) is 5.81. The van der Waals surface area contributed by atoms with Gasteiger partial charge in [0.25, 0.3) is 0 Å². The molecule has 19 heavy (non-hydrogen) atoms. The molecule has 1 aliphatic carbocycles. The van der Waals surface area contributed by atoms with Crippen molar-refractivity contribution in [1.82, 2.24) is 10.2 Å². The van der Waals surface area contributed by atoms with Crippen molar-refractivity contribution in [2.75, 3.05) is 33.4 Å². The summed E-state index contributed by atoms with van der Waals surface area (Å²) in [5.74, 6) is 0.544. The number of rotatable bonds is 9. The Labute approximate surface area is 134 Å². The fourth-order valence-corrected chi connectivity index (χ4v) is 1.79. The van der Waals surface area contributed by atoms with Crippen molar-refractivity contribution in [3.8, 4) is 0 Å². The first-order valence-electron chi connectivity index (χ1n) is 6.98. The van der Waals surface area contributed by atoms with Gasteiger partial charge in [0.1, 0.15) is 0 Å². The molecule has 0 aromatic carbocycles. The van der Waals surface area contributed by atoms with Gasteiger partial charge < -0.3 is 15.8 Å². The van der Waals surface area contributed by atoms with Gasteiger partial charge in [0, 0.05) is 31.8 Å². The van der Waals surface area contributed by atoms with Crippen molar-refractivity contribution < 1.29 is 4.74 Å². The van der Waals surface area contributed by atoms with Crippen LogP contribution < -0.4 is 11.1 Å². The summed E-state index contributed by atoms with van der Waals surface area (Å²) in [6.45, 7) is 7.33. The van der Waals surface area contributed by atoms with Crippen LogP contribution in [-0.2, 0) is 4.74 Å². The minimum atomic E-state index is 0. The number of nitrogens with two attached hydrogens (primary N) is 1. The third-order valence-corrected chi connectivity index (χ3v) is 3.32. The molecule has 0 radical (unpaired) electrons. The molecule has 3 N–H and O–H groups in total. The molecule has 1 fully saturated rings. The Morgan fingerprint density at radius 3 is 2.79 bits per heavy atom. The van der Waals surface area contributed by atoms with Gasteiger partial charge in [-0.3, -0.25) is 9.89 Å². The molecule has 0 heterocycles. The van der Waals surface area contributed by atoms with E-state index in [0.29, 0.717) is 12.0 Å². The van der Waals surface area contributed by atoms with E-state index in [2.05, 4.69) is 29.2 Å². The van der Waals surface area contributed by atoms with E-state index in [-0.39, 0.29) is 24.0 Å². The first-order chi connectivity index (χ1) is 8.65. The van der Waals surface area contributed by atoms with Crippen molar-refractivity contribution in [3.05, 3.63) is 0 Å². The summed E-state index contributed by atoms with van der Waals surface area (Å²) in [4.78, 5) is 6.77. The number of hydrogen-bond acceptors (Lipinski definition) is 3.